The molecular weight excluding hydrogens is 254 g/mol. The maximum absolute atomic E-state index is 12.4. The molecule has 3 rings (SSSR count). The second-order valence-corrected chi connectivity index (χ2v) is 4.96. The number of nitrogens with one attached hydrogen (secondary N) is 1. The molecule has 0 fully saturated rings. The first-order chi connectivity index (χ1) is 9.78. The van der Waals surface area contributed by atoms with Crippen molar-refractivity contribution in [1.82, 2.24) is 9.55 Å². The minimum atomic E-state index is -0.0101. The molecule has 1 aliphatic rings. The van der Waals surface area contributed by atoms with Crippen molar-refractivity contribution < 1.29 is 9.53 Å². The fourth-order valence-electron chi connectivity index (χ4n) is 2.58. The zero-order chi connectivity index (χ0) is 13.9. The van der Waals surface area contributed by atoms with Crippen LogP contribution < -0.4 is 10.1 Å². The molecule has 0 aliphatic carbocycles. The van der Waals surface area contributed by atoms with Crippen LogP contribution in [0.3, 0.4) is 0 Å². The van der Waals surface area contributed by atoms with Gasteiger partial charge in [-0.3, -0.25) is 4.79 Å². The van der Waals surface area contributed by atoms with E-state index < -0.39 is 0 Å². The number of para-hydroxylation sites is 2. The molecule has 104 valence electrons. The number of ether oxygens (including phenoxy) is 1. The van der Waals surface area contributed by atoms with Crippen molar-refractivity contribution in [1.29, 1.82) is 0 Å². The van der Waals surface area contributed by atoms with Crippen molar-refractivity contribution in [2.24, 2.45) is 5.92 Å². The largest absolute Gasteiger partial charge is 0.495 e. The van der Waals surface area contributed by atoms with Gasteiger partial charge in [-0.05, 0) is 18.6 Å². The molecule has 20 heavy (non-hydrogen) atoms. The monoisotopic (exact) mass is 271 g/mol. The third-order valence-electron chi connectivity index (χ3n) is 3.71. The minimum absolute atomic E-state index is 0.0101. The summed E-state index contributed by atoms with van der Waals surface area (Å²) in [6, 6.07) is 7.46. The smallest absolute Gasteiger partial charge is 0.228 e. The first kappa shape index (κ1) is 12.7. The second kappa shape index (κ2) is 5.36. The van der Waals surface area contributed by atoms with Gasteiger partial charge in [0.25, 0.3) is 0 Å². The summed E-state index contributed by atoms with van der Waals surface area (Å²) in [5.74, 6) is 0.716. The molecule has 5 nitrogen and oxygen atoms in total. The summed E-state index contributed by atoms with van der Waals surface area (Å²) >= 11 is 0. The Balaban J connectivity index is 1.71. The number of amides is 1. The van der Waals surface area contributed by atoms with Crippen molar-refractivity contribution in [2.45, 2.75) is 19.4 Å². The molecule has 0 bridgehead atoms. The number of nitrogens with zero attached hydrogens (tertiary/aromatic N) is 2. The zero-order valence-corrected chi connectivity index (χ0v) is 11.4. The SMILES string of the molecule is COc1ccccc1NC(=O)C1CCn2cncc2C1. The molecule has 5 heteroatoms. The average Bonchev–Trinajstić information content (AvgIpc) is 2.95. The first-order valence-corrected chi connectivity index (χ1v) is 6.71. The molecule has 1 atom stereocenters. The Bertz CT molecular complexity index is 621. The number of imidazole rings is 1. The fraction of sp³-hybridized carbons (Fsp3) is 0.333. The van der Waals surface area contributed by atoms with Crippen molar-refractivity contribution in [3.8, 4) is 5.75 Å². The summed E-state index contributed by atoms with van der Waals surface area (Å²) in [7, 11) is 1.60. The summed E-state index contributed by atoms with van der Waals surface area (Å²) in [4.78, 5) is 16.5. The van der Waals surface area contributed by atoms with Gasteiger partial charge in [0.15, 0.2) is 0 Å². The van der Waals surface area contributed by atoms with Crippen LogP contribution in [0.25, 0.3) is 0 Å². The van der Waals surface area contributed by atoms with E-state index in [1.54, 1.807) is 7.11 Å². The van der Waals surface area contributed by atoms with E-state index >= 15 is 0 Å². The molecule has 0 saturated carbocycles. The van der Waals surface area contributed by atoms with E-state index in [0.29, 0.717) is 5.75 Å². The number of hydrogen-bond donors (Lipinski definition) is 1. The summed E-state index contributed by atoms with van der Waals surface area (Å²) in [5.41, 5.74) is 1.84. The van der Waals surface area contributed by atoms with Gasteiger partial charge in [0.05, 0.1) is 19.1 Å². The number of hydrogen-bond acceptors (Lipinski definition) is 3. The van der Waals surface area contributed by atoms with Crippen molar-refractivity contribution >= 4 is 11.6 Å². The Labute approximate surface area is 117 Å². The zero-order valence-electron chi connectivity index (χ0n) is 11.4. The summed E-state index contributed by atoms with van der Waals surface area (Å²) < 4.78 is 7.35. The van der Waals surface area contributed by atoms with Crippen LogP contribution in [0.4, 0.5) is 5.69 Å². The number of carbonyl (C=O) groups is 1. The number of carbonyl (C=O) groups excluding carboxylic acids is 1. The van der Waals surface area contributed by atoms with E-state index in [-0.39, 0.29) is 11.8 Å². The Kier molecular flexibility index (Phi) is 3.41. The van der Waals surface area contributed by atoms with E-state index in [1.165, 1.54) is 0 Å². The molecule has 1 aromatic heterocycles. The van der Waals surface area contributed by atoms with Crippen molar-refractivity contribution in [3.05, 3.63) is 42.5 Å². The molecule has 1 amide bonds. The van der Waals surface area contributed by atoms with Crippen molar-refractivity contribution in [2.75, 3.05) is 12.4 Å². The molecule has 0 saturated heterocycles. The number of aromatic nitrogens is 2. The Morgan fingerprint density at radius 1 is 1.45 bits per heavy atom. The van der Waals surface area contributed by atoms with Gasteiger partial charge in [-0.15, -0.1) is 0 Å². The molecular formula is C15H17N3O2. The van der Waals surface area contributed by atoms with E-state index in [0.717, 1.165) is 30.8 Å². The average molecular weight is 271 g/mol. The van der Waals surface area contributed by atoms with Gasteiger partial charge in [0.2, 0.25) is 5.91 Å². The lowest BCUT2D eigenvalue weighted by molar-refractivity contribution is -0.120. The molecule has 1 N–H and O–H groups in total. The lowest BCUT2D eigenvalue weighted by Gasteiger charge is -2.23. The van der Waals surface area contributed by atoms with Gasteiger partial charge >= 0.3 is 0 Å². The summed E-state index contributed by atoms with van der Waals surface area (Å²) in [6.45, 7) is 0.847. The molecule has 0 radical (unpaired) electrons. The lowest BCUT2D eigenvalue weighted by atomic mass is 9.95. The van der Waals surface area contributed by atoms with Gasteiger partial charge in [-0.25, -0.2) is 4.98 Å². The third-order valence-corrected chi connectivity index (χ3v) is 3.71. The molecule has 2 heterocycles. The highest BCUT2D eigenvalue weighted by molar-refractivity contribution is 5.94. The molecule has 1 aliphatic heterocycles. The molecule has 0 spiro atoms. The van der Waals surface area contributed by atoms with E-state index in [2.05, 4.69) is 14.9 Å². The number of benzene rings is 1. The number of methoxy groups -OCH3 is 1. The maximum atomic E-state index is 12.4. The second-order valence-electron chi connectivity index (χ2n) is 4.96. The minimum Gasteiger partial charge on any atom is -0.495 e. The van der Waals surface area contributed by atoms with Crippen LogP contribution in [0.5, 0.6) is 5.75 Å². The number of anilines is 1. The Morgan fingerprint density at radius 2 is 2.30 bits per heavy atom. The van der Waals surface area contributed by atoms with E-state index in [4.69, 9.17) is 4.74 Å². The van der Waals surface area contributed by atoms with Gasteiger partial charge in [0.1, 0.15) is 5.75 Å². The van der Waals surface area contributed by atoms with Gasteiger partial charge in [-0.2, -0.15) is 0 Å². The highest BCUT2D eigenvalue weighted by atomic mass is 16.5. The molecule has 2 aromatic rings. The number of fused-ring (bicyclic) bond motifs is 1. The Morgan fingerprint density at radius 3 is 3.15 bits per heavy atom. The van der Waals surface area contributed by atoms with Gasteiger partial charge in [-0.1, -0.05) is 12.1 Å². The predicted molar refractivity (Wildman–Crippen MR) is 75.7 cm³/mol. The quantitative estimate of drug-likeness (QED) is 0.930. The standard InChI is InChI=1S/C15H17N3O2/c1-20-14-5-3-2-4-13(14)17-15(19)11-6-7-18-10-16-9-12(18)8-11/h2-5,9-11H,6-8H2,1H3,(H,17,19). The number of rotatable bonds is 3. The highest BCUT2D eigenvalue weighted by Gasteiger charge is 2.25. The topological polar surface area (TPSA) is 56.1 Å². The van der Waals surface area contributed by atoms with Crippen LogP contribution in [0.2, 0.25) is 0 Å². The normalized spacial score (nSPS) is 17.4. The fourth-order valence-corrected chi connectivity index (χ4v) is 2.58. The van der Waals surface area contributed by atoms with Gasteiger partial charge < -0.3 is 14.6 Å². The predicted octanol–water partition coefficient (Wildman–Crippen LogP) is 2.09. The van der Waals surface area contributed by atoms with Crippen LogP contribution in [-0.4, -0.2) is 22.6 Å². The summed E-state index contributed by atoms with van der Waals surface area (Å²) in [5, 5.41) is 2.96. The van der Waals surface area contributed by atoms with Crippen LogP contribution in [0, 0.1) is 5.92 Å². The van der Waals surface area contributed by atoms with Crippen molar-refractivity contribution in [3.63, 3.8) is 0 Å². The highest BCUT2D eigenvalue weighted by Crippen LogP contribution is 2.26. The molecule has 1 aromatic carbocycles. The van der Waals surface area contributed by atoms with Crippen LogP contribution >= 0.6 is 0 Å². The van der Waals surface area contributed by atoms with Crippen LogP contribution in [-0.2, 0) is 17.8 Å². The lowest BCUT2D eigenvalue weighted by Crippen LogP contribution is -2.30. The Hall–Kier alpha value is -2.30. The van der Waals surface area contributed by atoms with E-state index in [1.807, 2.05) is 36.8 Å². The van der Waals surface area contributed by atoms with Crippen LogP contribution in [0.15, 0.2) is 36.8 Å². The summed E-state index contributed by atoms with van der Waals surface area (Å²) in [6.07, 6.45) is 5.23. The van der Waals surface area contributed by atoms with E-state index in [9.17, 15) is 4.79 Å². The third kappa shape index (κ3) is 2.39. The van der Waals surface area contributed by atoms with Crippen LogP contribution in [0.1, 0.15) is 12.1 Å². The molecule has 1 unspecified atom stereocenters. The first-order valence-electron chi connectivity index (χ1n) is 6.71. The number of aryl methyl sites for hydroxylation is 1. The maximum Gasteiger partial charge on any atom is 0.228 e. The van der Waals surface area contributed by atoms with Gasteiger partial charge in [0, 0.05) is 30.8 Å².